The molecule has 166 valence electrons. The summed E-state index contributed by atoms with van der Waals surface area (Å²) in [7, 11) is 3.18. The minimum Gasteiger partial charge on any atom is -0.493 e. The topological polar surface area (TPSA) is 86.5 Å². The lowest BCUT2D eigenvalue weighted by Gasteiger charge is -2.56. The number of ether oxygens (including phenoxy) is 2. The van der Waals surface area contributed by atoms with Crippen LogP contribution in [0.25, 0.3) is 11.4 Å². The Bertz CT molecular complexity index is 919. The molecule has 0 aliphatic heterocycles. The van der Waals surface area contributed by atoms with E-state index in [2.05, 4.69) is 15.5 Å². The lowest BCUT2D eigenvalue weighted by atomic mass is 9.49. The Balaban J connectivity index is 1.14. The summed E-state index contributed by atoms with van der Waals surface area (Å²) in [5.74, 6) is 4.96. The highest BCUT2D eigenvalue weighted by Gasteiger charge is 2.50. The standard InChI is InChI=1S/C24H31N3O4/c1-29-19-4-3-18(10-20(19)30-2)23-26-22(31-27-23)6-5-21(28)25-14-24-11-15-7-16(12-24)9-17(8-15)13-24/h3-4,10,15-17H,5-9,11-14H2,1-2H3,(H,25,28). The van der Waals surface area contributed by atoms with Crippen molar-refractivity contribution in [3.63, 3.8) is 0 Å². The average Bonchev–Trinajstić information content (AvgIpc) is 3.24. The first-order valence-electron chi connectivity index (χ1n) is 11.4. The van der Waals surface area contributed by atoms with Crippen LogP contribution in [0.5, 0.6) is 11.5 Å². The molecule has 7 nitrogen and oxygen atoms in total. The van der Waals surface area contributed by atoms with Crippen molar-refractivity contribution in [2.45, 2.75) is 51.4 Å². The van der Waals surface area contributed by atoms with Crippen LogP contribution in [0, 0.1) is 23.2 Å². The molecule has 1 N–H and O–H groups in total. The van der Waals surface area contributed by atoms with Crippen LogP contribution in [0.3, 0.4) is 0 Å². The molecule has 0 radical (unpaired) electrons. The fraction of sp³-hybridized carbons (Fsp3) is 0.625. The third-order valence-corrected chi connectivity index (χ3v) is 7.50. The van der Waals surface area contributed by atoms with Gasteiger partial charge < -0.3 is 19.3 Å². The predicted octanol–water partition coefficient (Wildman–Crippen LogP) is 4.02. The quantitative estimate of drug-likeness (QED) is 0.687. The van der Waals surface area contributed by atoms with Gasteiger partial charge in [0.25, 0.3) is 0 Å². The number of hydrogen-bond donors (Lipinski definition) is 1. The van der Waals surface area contributed by atoms with Crippen molar-refractivity contribution in [1.82, 2.24) is 15.5 Å². The van der Waals surface area contributed by atoms with E-state index in [0.29, 0.717) is 41.5 Å². The van der Waals surface area contributed by atoms with Crippen LogP contribution >= 0.6 is 0 Å². The van der Waals surface area contributed by atoms with Crippen molar-refractivity contribution >= 4 is 5.91 Å². The number of methoxy groups -OCH3 is 2. The zero-order chi connectivity index (χ0) is 21.4. The van der Waals surface area contributed by atoms with Crippen molar-refractivity contribution < 1.29 is 18.8 Å². The molecule has 0 saturated heterocycles. The number of aryl methyl sites for hydroxylation is 1. The molecule has 1 aromatic heterocycles. The molecule has 1 heterocycles. The molecular formula is C24H31N3O4. The second-order valence-electron chi connectivity index (χ2n) is 9.78. The van der Waals surface area contributed by atoms with Crippen molar-refractivity contribution in [3.05, 3.63) is 24.1 Å². The molecule has 31 heavy (non-hydrogen) atoms. The maximum atomic E-state index is 12.5. The minimum atomic E-state index is 0.0709. The molecule has 4 aliphatic carbocycles. The van der Waals surface area contributed by atoms with Gasteiger partial charge in [-0.2, -0.15) is 4.98 Å². The molecule has 4 aliphatic rings. The van der Waals surface area contributed by atoms with E-state index in [1.165, 1.54) is 38.5 Å². The van der Waals surface area contributed by atoms with Gasteiger partial charge in [0.15, 0.2) is 11.5 Å². The summed E-state index contributed by atoms with van der Waals surface area (Å²) in [4.78, 5) is 17.0. The molecule has 2 aromatic rings. The highest BCUT2D eigenvalue weighted by molar-refractivity contribution is 5.76. The molecule has 7 heteroatoms. The van der Waals surface area contributed by atoms with Gasteiger partial charge in [-0.05, 0) is 79.9 Å². The van der Waals surface area contributed by atoms with Crippen LogP contribution in [-0.4, -0.2) is 36.8 Å². The molecule has 4 fully saturated rings. The number of nitrogens with one attached hydrogen (secondary N) is 1. The van der Waals surface area contributed by atoms with Gasteiger partial charge in [-0.25, -0.2) is 0 Å². The summed E-state index contributed by atoms with van der Waals surface area (Å²) >= 11 is 0. The second kappa shape index (κ2) is 8.17. The van der Waals surface area contributed by atoms with Crippen LogP contribution in [0.4, 0.5) is 0 Å². The maximum Gasteiger partial charge on any atom is 0.227 e. The van der Waals surface area contributed by atoms with Crippen molar-refractivity contribution in [1.29, 1.82) is 0 Å². The van der Waals surface area contributed by atoms with Gasteiger partial charge in [0, 0.05) is 24.9 Å². The van der Waals surface area contributed by atoms with Gasteiger partial charge >= 0.3 is 0 Å². The van der Waals surface area contributed by atoms with E-state index < -0.39 is 0 Å². The smallest absolute Gasteiger partial charge is 0.227 e. The molecule has 6 rings (SSSR count). The predicted molar refractivity (Wildman–Crippen MR) is 115 cm³/mol. The normalized spacial score (nSPS) is 28.5. The highest BCUT2D eigenvalue weighted by atomic mass is 16.5. The highest BCUT2D eigenvalue weighted by Crippen LogP contribution is 2.59. The Morgan fingerprint density at radius 1 is 1.10 bits per heavy atom. The summed E-state index contributed by atoms with van der Waals surface area (Å²) in [5.41, 5.74) is 1.13. The zero-order valence-corrected chi connectivity index (χ0v) is 18.4. The molecule has 0 unspecified atom stereocenters. The molecule has 4 bridgehead atoms. The number of rotatable bonds is 8. The van der Waals surface area contributed by atoms with Gasteiger partial charge in [0.05, 0.1) is 14.2 Å². The molecule has 0 spiro atoms. The number of benzene rings is 1. The summed E-state index contributed by atoms with van der Waals surface area (Å²) < 4.78 is 16.0. The number of carbonyl (C=O) groups excluding carboxylic acids is 1. The Morgan fingerprint density at radius 3 is 2.42 bits per heavy atom. The van der Waals surface area contributed by atoms with Gasteiger partial charge in [-0.1, -0.05) is 5.16 Å². The van der Waals surface area contributed by atoms with E-state index in [9.17, 15) is 4.79 Å². The Morgan fingerprint density at radius 2 is 1.77 bits per heavy atom. The molecular weight excluding hydrogens is 394 g/mol. The Kier molecular flexibility index (Phi) is 5.36. The number of hydrogen-bond acceptors (Lipinski definition) is 6. The van der Waals surface area contributed by atoms with Gasteiger partial charge in [0.2, 0.25) is 17.6 Å². The summed E-state index contributed by atoms with van der Waals surface area (Å²) in [5, 5.41) is 7.27. The number of nitrogens with zero attached hydrogens (tertiary/aromatic N) is 2. The van der Waals surface area contributed by atoms with E-state index in [-0.39, 0.29) is 5.91 Å². The van der Waals surface area contributed by atoms with Crippen LogP contribution in [0.15, 0.2) is 22.7 Å². The molecule has 4 saturated carbocycles. The van der Waals surface area contributed by atoms with Crippen LogP contribution in [-0.2, 0) is 11.2 Å². The van der Waals surface area contributed by atoms with E-state index in [1.807, 2.05) is 18.2 Å². The monoisotopic (exact) mass is 425 g/mol. The van der Waals surface area contributed by atoms with Crippen LogP contribution in [0.1, 0.15) is 50.8 Å². The Hall–Kier alpha value is -2.57. The summed E-state index contributed by atoms with van der Waals surface area (Å²) in [6.45, 7) is 0.829. The molecule has 0 atom stereocenters. The summed E-state index contributed by atoms with van der Waals surface area (Å²) in [6.07, 6.45) is 8.98. The van der Waals surface area contributed by atoms with E-state index in [1.54, 1.807) is 14.2 Å². The molecule has 1 aromatic carbocycles. The van der Waals surface area contributed by atoms with Crippen molar-refractivity contribution in [3.8, 4) is 22.9 Å². The fourth-order valence-corrected chi connectivity index (χ4v) is 6.55. The second-order valence-corrected chi connectivity index (χ2v) is 9.78. The van der Waals surface area contributed by atoms with Crippen LogP contribution < -0.4 is 14.8 Å². The Labute approximate surface area is 182 Å². The fourth-order valence-electron chi connectivity index (χ4n) is 6.55. The number of carbonyl (C=O) groups is 1. The lowest BCUT2D eigenvalue weighted by molar-refractivity contribution is -0.123. The molecule has 1 amide bonds. The largest absolute Gasteiger partial charge is 0.493 e. The minimum absolute atomic E-state index is 0.0709. The SMILES string of the molecule is COc1ccc(-c2noc(CCC(=O)NCC34CC5CC(CC(C5)C3)C4)n2)cc1OC. The maximum absolute atomic E-state index is 12.5. The van der Waals surface area contributed by atoms with Crippen molar-refractivity contribution in [2.75, 3.05) is 20.8 Å². The first-order valence-corrected chi connectivity index (χ1v) is 11.4. The van der Waals surface area contributed by atoms with E-state index >= 15 is 0 Å². The first kappa shape index (κ1) is 20.3. The van der Waals surface area contributed by atoms with E-state index in [4.69, 9.17) is 14.0 Å². The first-order chi connectivity index (χ1) is 15.1. The zero-order valence-electron chi connectivity index (χ0n) is 18.4. The number of aromatic nitrogens is 2. The third-order valence-electron chi connectivity index (χ3n) is 7.50. The van der Waals surface area contributed by atoms with Gasteiger partial charge in [0.1, 0.15) is 0 Å². The third kappa shape index (κ3) is 4.14. The van der Waals surface area contributed by atoms with Gasteiger partial charge in [-0.15, -0.1) is 0 Å². The number of amides is 1. The van der Waals surface area contributed by atoms with E-state index in [0.717, 1.165) is 29.9 Å². The lowest BCUT2D eigenvalue weighted by Crippen LogP contribution is -2.51. The summed E-state index contributed by atoms with van der Waals surface area (Å²) in [6, 6.07) is 5.47. The average molecular weight is 426 g/mol. The van der Waals surface area contributed by atoms with Gasteiger partial charge in [-0.3, -0.25) is 4.79 Å². The van der Waals surface area contributed by atoms with Crippen molar-refractivity contribution in [2.24, 2.45) is 23.2 Å². The van der Waals surface area contributed by atoms with Crippen LogP contribution in [0.2, 0.25) is 0 Å².